The van der Waals surface area contributed by atoms with E-state index in [-0.39, 0.29) is 5.91 Å². The van der Waals surface area contributed by atoms with Crippen molar-refractivity contribution < 1.29 is 23.8 Å². The zero-order valence-corrected chi connectivity index (χ0v) is 15.2. The van der Waals surface area contributed by atoms with Crippen LogP contribution in [-0.2, 0) is 9.53 Å². The topological polar surface area (TPSA) is 73.9 Å². The van der Waals surface area contributed by atoms with Crippen molar-refractivity contribution in [3.63, 3.8) is 0 Å². The SMILES string of the molecule is COC(=O)c1cc(C)sc1NC(=O)/C=C/c1ccc(OC)c(OC)c1. The highest BCUT2D eigenvalue weighted by molar-refractivity contribution is 7.16. The highest BCUT2D eigenvalue weighted by Crippen LogP contribution is 2.29. The molecule has 2 aromatic rings. The quantitative estimate of drug-likeness (QED) is 0.629. The van der Waals surface area contributed by atoms with Crippen molar-refractivity contribution in [2.75, 3.05) is 26.6 Å². The average molecular weight is 361 g/mol. The van der Waals surface area contributed by atoms with Crippen LogP contribution in [0.3, 0.4) is 0 Å². The second kappa shape index (κ2) is 8.34. The number of anilines is 1. The predicted octanol–water partition coefficient (Wildman–Crippen LogP) is 3.51. The second-order valence-electron chi connectivity index (χ2n) is 5.03. The van der Waals surface area contributed by atoms with E-state index in [2.05, 4.69) is 5.32 Å². The van der Waals surface area contributed by atoms with Gasteiger partial charge in [-0.25, -0.2) is 4.79 Å². The molecule has 0 spiro atoms. The van der Waals surface area contributed by atoms with Gasteiger partial charge in [-0.15, -0.1) is 11.3 Å². The van der Waals surface area contributed by atoms with Gasteiger partial charge in [0.15, 0.2) is 11.5 Å². The molecule has 0 bridgehead atoms. The van der Waals surface area contributed by atoms with E-state index in [1.165, 1.54) is 24.5 Å². The van der Waals surface area contributed by atoms with E-state index in [1.807, 2.05) is 6.92 Å². The Morgan fingerprint density at radius 3 is 2.44 bits per heavy atom. The number of aryl methyl sites for hydroxylation is 1. The predicted molar refractivity (Wildman–Crippen MR) is 97.6 cm³/mol. The molecule has 1 heterocycles. The summed E-state index contributed by atoms with van der Waals surface area (Å²) in [5, 5.41) is 3.17. The maximum atomic E-state index is 12.1. The van der Waals surface area contributed by atoms with Gasteiger partial charge in [0.2, 0.25) is 5.91 Å². The lowest BCUT2D eigenvalue weighted by atomic mass is 10.2. The summed E-state index contributed by atoms with van der Waals surface area (Å²) >= 11 is 1.32. The minimum Gasteiger partial charge on any atom is -0.493 e. The third kappa shape index (κ3) is 4.60. The Morgan fingerprint density at radius 1 is 1.08 bits per heavy atom. The number of hydrogen-bond donors (Lipinski definition) is 1. The number of rotatable bonds is 6. The molecule has 1 amide bonds. The van der Waals surface area contributed by atoms with Crippen LogP contribution in [0.2, 0.25) is 0 Å². The van der Waals surface area contributed by atoms with Crippen LogP contribution >= 0.6 is 11.3 Å². The van der Waals surface area contributed by atoms with Crippen molar-refractivity contribution in [3.05, 3.63) is 46.3 Å². The van der Waals surface area contributed by atoms with Gasteiger partial charge in [0, 0.05) is 11.0 Å². The minimum absolute atomic E-state index is 0.345. The number of esters is 1. The molecule has 132 valence electrons. The molecule has 0 aliphatic carbocycles. The maximum absolute atomic E-state index is 12.1. The molecular formula is C18H19NO5S. The van der Waals surface area contributed by atoms with Crippen LogP contribution in [-0.4, -0.2) is 33.2 Å². The zero-order valence-electron chi connectivity index (χ0n) is 14.4. The molecule has 0 unspecified atom stereocenters. The summed E-state index contributed by atoms with van der Waals surface area (Å²) < 4.78 is 15.1. The van der Waals surface area contributed by atoms with Gasteiger partial charge in [-0.1, -0.05) is 6.07 Å². The van der Waals surface area contributed by atoms with E-state index in [1.54, 1.807) is 44.6 Å². The fraction of sp³-hybridized carbons (Fsp3) is 0.222. The number of nitrogens with one attached hydrogen (secondary N) is 1. The summed E-state index contributed by atoms with van der Waals surface area (Å²) in [7, 11) is 4.41. The molecule has 2 rings (SSSR count). The van der Waals surface area contributed by atoms with E-state index >= 15 is 0 Å². The van der Waals surface area contributed by atoms with Crippen molar-refractivity contribution >= 4 is 34.3 Å². The molecule has 25 heavy (non-hydrogen) atoms. The van der Waals surface area contributed by atoms with Gasteiger partial charge < -0.3 is 19.5 Å². The molecule has 6 nitrogen and oxygen atoms in total. The second-order valence-corrected chi connectivity index (χ2v) is 6.28. The molecule has 0 aliphatic rings. The Kier molecular flexibility index (Phi) is 6.19. The molecule has 0 atom stereocenters. The summed E-state index contributed by atoms with van der Waals surface area (Å²) in [6.45, 7) is 1.85. The summed E-state index contributed by atoms with van der Waals surface area (Å²) in [4.78, 5) is 24.8. The van der Waals surface area contributed by atoms with E-state index in [9.17, 15) is 9.59 Å². The third-order valence-electron chi connectivity index (χ3n) is 3.33. The minimum atomic E-state index is -0.483. The van der Waals surface area contributed by atoms with Gasteiger partial charge >= 0.3 is 5.97 Å². The first kappa shape index (κ1) is 18.5. The summed E-state index contributed by atoms with van der Waals surface area (Å²) in [5.74, 6) is 0.359. The van der Waals surface area contributed by atoms with Gasteiger partial charge in [-0.2, -0.15) is 0 Å². The van der Waals surface area contributed by atoms with Gasteiger partial charge in [0.25, 0.3) is 0 Å². The molecule has 0 saturated carbocycles. The number of benzene rings is 1. The number of ether oxygens (including phenoxy) is 3. The smallest absolute Gasteiger partial charge is 0.340 e. The number of thiophene rings is 1. The number of carbonyl (C=O) groups is 2. The monoisotopic (exact) mass is 361 g/mol. The number of hydrogen-bond acceptors (Lipinski definition) is 6. The van der Waals surface area contributed by atoms with Crippen molar-refractivity contribution in [3.8, 4) is 11.5 Å². The van der Waals surface area contributed by atoms with E-state index < -0.39 is 5.97 Å². The van der Waals surface area contributed by atoms with Crippen molar-refractivity contribution in [2.24, 2.45) is 0 Å². The zero-order chi connectivity index (χ0) is 18.4. The first-order valence-corrected chi connectivity index (χ1v) is 8.20. The lowest BCUT2D eigenvalue weighted by molar-refractivity contribution is -0.111. The Bertz CT molecular complexity index is 810. The molecule has 1 aromatic heterocycles. The van der Waals surface area contributed by atoms with Gasteiger partial charge in [-0.3, -0.25) is 4.79 Å². The van der Waals surface area contributed by atoms with Crippen LogP contribution in [0.4, 0.5) is 5.00 Å². The normalized spacial score (nSPS) is 10.6. The van der Waals surface area contributed by atoms with Crippen LogP contribution in [0.15, 0.2) is 30.3 Å². The summed E-state index contributed by atoms with van der Waals surface area (Å²) in [5.41, 5.74) is 1.13. The van der Waals surface area contributed by atoms with E-state index in [0.717, 1.165) is 10.4 Å². The van der Waals surface area contributed by atoms with Gasteiger partial charge in [0.05, 0.1) is 26.9 Å². The Morgan fingerprint density at radius 2 is 1.80 bits per heavy atom. The lowest BCUT2D eigenvalue weighted by Gasteiger charge is -2.07. The largest absolute Gasteiger partial charge is 0.493 e. The fourth-order valence-electron chi connectivity index (χ4n) is 2.15. The highest BCUT2D eigenvalue weighted by Gasteiger charge is 2.16. The van der Waals surface area contributed by atoms with Crippen LogP contribution in [0.1, 0.15) is 20.8 Å². The van der Waals surface area contributed by atoms with Crippen LogP contribution in [0, 0.1) is 6.92 Å². The number of methoxy groups -OCH3 is 3. The third-order valence-corrected chi connectivity index (χ3v) is 4.30. The van der Waals surface area contributed by atoms with Gasteiger partial charge in [-0.05, 0) is 36.8 Å². The molecule has 7 heteroatoms. The maximum Gasteiger partial charge on any atom is 0.340 e. The molecular weight excluding hydrogens is 342 g/mol. The number of carbonyl (C=O) groups excluding carboxylic acids is 2. The number of amides is 1. The highest BCUT2D eigenvalue weighted by atomic mass is 32.1. The summed E-state index contributed by atoms with van der Waals surface area (Å²) in [6, 6.07) is 7.01. The standard InChI is InChI=1S/C18H19NO5S/c1-11-9-13(18(21)24-4)17(25-11)19-16(20)8-6-12-5-7-14(22-2)15(10-12)23-3/h5-10H,1-4H3,(H,19,20)/b8-6+. The van der Waals surface area contributed by atoms with E-state index in [4.69, 9.17) is 14.2 Å². The van der Waals surface area contributed by atoms with E-state index in [0.29, 0.717) is 22.1 Å². The Hall–Kier alpha value is -2.80. The van der Waals surface area contributed by atoms with Crippen molar-refractivity contribution in [1.82, 2.24) is 0 Å². The first-order chi connectivity index (χ1) is 12.0. The fourth-order valence-corrected chi connectivity index (χ4v) is 3.05. The van der Waals surface area contributed by atoms with Crippen LogP contribution in [0.25, 0.3) is 6.08 Å². The average Bonchev–Trinajstić information content (AvgIpc) is 2.99. The lowest BCUT2D eigenvalue weighted by Crippen LogP contribution is -2.10. The molecule has 1 aromatic carbocycles. The Labute approximate surface area is 150 Å². The Balaban J connectivity index is 2.13. The van der Waals surface area contributed by atoms with Crippen LogP contribution < -0.4 is 14.8 Å². The van der Waals surface area contributed by atoms with Crippen LogP contribution in [0.5, 0.6) is 11.5 Å². The molecule has 0 saturated heterocycles. The molecule has 0 radical (unpaired) electrons. The summed E-state index contributed by atoms with van der Waals surface area (Å²) in [6.07, 6.45) is 3.03. The van der Waals surface area contributed by atoms with Gasteiger partial charge in [0.1, 0.15) is 5.00 Å². The van der Waals surface area contributed by atoms with Crippen molar-refractivity contribution in [2.45, 2.75) is 6.92 Å². The van der Waals surface area contributed by atoms with Crippen molar-refractivity contribution in [1.29, 1.82) is 0 Å². The first-order valence-electron chi connectivity index (χ1n) is 7.38. The molecule has 0 aliphatic heterocycles. The molecule has 0 fully saturated rings. The molecule has 1 N–H and O–H groups in total.